The SMILES string of the molecule is Cc1nnc(NCCn2ccnn2)c(C#N)c1C. The summed E-state index contributed by atoms with van der Waals surface area (Å²) in [6.07, 6.45) is 3.40. The molecule has 2 heterocycles. The molecule has 0 amide bonds. The van der Waals surface area contributed by atoms with Gasteiger partial charge >= 0.3 is 0 Å². The van der Waals surface area contributed by atoms with Crippen LogP contribution in [0.15, 0.2) is 12.4 Å². The third kappa shape index (κ3) is 2.43. The van der Waals surface area contributed by atoms with Gasteiger partial charge in [0.2, 0.25) is 0 Å². The number of aromatic nitrogens is 5. The summed E-state index contributed by atoms with van der Waals surface area (Å²) in [5.74, 6) is 0.515. The zero-order chi connectivity index (χ0) is 13.0. The Kier molecular flexibility index (Phi) is 3.48. The van der Waals surface area contributed by atoms with Gasteiger partial charge in [0.25, 0.3) is 0 Å². The minimum atomic E-state index is 0.515. The van der Waals surface area contributed by atoms with Crippen LogP contribution in [0.25, 0.3) is 0 Å². The molecule has 0 aliphatic carbocycles. The summed E-state index contributed by atoms with van der Waals surface area (Å²) < 4.78 is 1.70. The molecule has 0 spiro atoms. The molecule has 0 aromatic carbocycles. The van der Waals surface area contributed by atoms with Gasteiger partial charge in [-0.25, -0.2) is 0 Å². The fourth-order valence-corrected chi connectivity index (χ4v) is 1.51. The van der Waals surface area contributed by atoms with Gasteiger partial charge in [-0.05, 0) is 19.4 Å². The van der Waals surface area contributed by atoms with Crippen LogP contribution in [0.3, 0.4) is 0 Å². The zero-order valence-corrected chi connectivity index (χ0v) is 10.3. The van der Waals surface area contributed by atoms with E-state index in [0.29, 0.717) is 24.5 Å². The first-order valence-electron chi connectivity index (χ1n) is 5.54. The molecule has 7 heteroatoms. The van der Waals surface area contributed by atoms with Crippen molar-refractivity contribution in [3.63, 3.8) is 0 Å². The van der Waals surface area contributed by atoms with Crippen LogP contribution >= 0.6 is 0 Å². The quantitative estimate of drug-likeness (QED) is 0.848. The Morgan fingerprint density at radius 1 is 1.39 bits per heavy atom. The number of rotatable bonds is 4. The van der Waals surface area contributed by atoms with Gasteiger partial charge in [0.1, 0.15) is 11.6 Å². The normalized spacial score (nSPS) is 10.1. The summed E-state index contributed by atoms with van der Waals surface area (Å²) in [5.41, 5.74) is 2.17. The van der Waals surface area contributed by atoms with E-state index in [4.69, 9.17) is 5.26 Å². The minimum Gasteiger partial charge on any atom is -0.366 e. The lowest BCUT2D eigenvalue weighted by molar-refractivity contribution is 0.607. The molecule has 1 N–H and O–H groups in total. The molecule has 2 rings (SSSR count). The van der Waals surface area contributed by atoms with E-state index >= 15 is 0 Å². The maximum atomic E-state index is 9.12. The minimum absolute atomic E-state index is 0.515. The number of nitrogens with zero attached hydrogens (tertiary/aromatic N) is 6. The van der Waals surface area contributed by atoms with E-state index in [1.54, 1.807) is 17.1 Å². The third-order valence-corrected chi connectivity index (χ3v) is 2.67. The largest absolute Gasteiger partial charge is 0.366 e. The first-order chi connectivity index (χ1) is 8.72. The molecule has 2 aromatic heterocycles. The van der Waals surface area contributed by atoms with Crippen molar-refractivity contribution in [1.82, 2.24) is 25.2 Å². The van der Waals surface area contributed by atoms with E-state index in [-0.39, 0.29) is 0 Å². The summed E-state index contributed by atoms with van der Waals surface area (Å²) in [5, 5.41) is 27.8. The van der Waals surface area contributed by atoms with Gasteiger partial charge in [-0.15, -0.1) is 10.2 Å². The molecular weight excluding hydrogens is 230 g/mol. The number of hydrogen-bond donors (Lipinski definition) is 1. The average molecular weight is 243 g/mol. The summed E-state index contributed by atoms with van der Waals surface area (Å²) in [6, 6.07) is 2.15. The standard InChI is InChI=1S/C11H13N7/c1-8-9(2)15-16-11(10(8)7-12)13-3-5-18-6-4-14-17-18/h4,6H,3,5H2,1-2H3,(H,13,16). The van der Waals surface area contributed by atoms with Crippen molar-refractivity contribution in [2.24, 2.45) is 0 Å². The predicted octanol–water partition coefficient (Wildman–Crippen LogP) is 0.669. The predicted molar refractivity (Wildman–Crippen MR) is 64.7 cm³/mol. The number of aryl methyl sites for hydroxylation is 1. The Balaban J connectivity index is 2.06. The second-order valence-electron chi connectivity index (χ2n) is 3.84. The molecule has 2 aromatic rings. The van der Waals surface area contributed by atoms with E-state index in [1.807, 2.05) is 13.8 Å². The number of nitrogens with one attached hydrogen (secondary N) is 1. The molecule has 0 saturated carbocycles. The van der Waals surface area contributed by atoms with Crippen molar-refractivity contribution in [3.8, 4) is 6.07 Å². The first kappa shape index (κ1) is 12.0. The van der Waals surface area contributed by atoms with Crippen LogP contribution in [0.5, 0.6) is 0 Å². The van der Waals surface area contributed by atoms with Gasteiger partial charge in [-0.3, -0.25) is 4.68 Å². The Morgan fingerprint density at radius 3 is 2.89 bits per heavy atom. The van der Waals surface area contributed by atoms with Gasteiger partial charge in [0, 0.05) is 12.7 Å². The number of nitriles is 1. The monoisotopic (exact) mass is 243 g/mol. The molecule has 0 saturated heterocycles. The lowest BCUT2D eigenvalue weighted by Gasteiger charge is -2.09. The molecule has 7 nitrogen and oxygen atoms in total. The van der Waals surface area contributed by atoms with E-state index in [1.165, 1.54) is 0 Å². The Hall–Kier alpha value is -2.49. The highest BCUT2D eigenvalue weighted by Gasteiger charge is 2.09. The van der Waals surface area contributed by atoms with Crippen LogP contribution in [0.2, 0.25) is 0 Å². The van der Waals surface area contributed by atoms with E-state index in [0.717, 1.165) is 11.3 Å². The lowest BCUT2D eigenvalue weighted by atomic mass is 10.1. The van der Waals surface area contributed by atoms with Crippen molar-refractivity contribution in [1.29, 1.82) is 5.26 Å². The second kappa shape index (κ2) is 5.23. The molecule has 0 aliphatic heterocycles. The fraction of sp³-hybridized carbons (Fsp3) is 0.364. The highest BCUT2D eigenvalue weighted by Crippen LogP contribution is 2.16. The zero-order valence-electron chi connectivity index (χ0n) is 10.3. The van der Waals surface area contributed by atoms with Crippen LogP contribution in [0.4, 0.5) is 5.82 Å². The molecule has 0 fully saturated rings. The summed E-state index contributed by atoms with van der Waals surface area (Å²) in [7, 11) is 0. The lowest BCUT2D eigenvalue weighted by Crippen LogP contribution is -2.14. The smallest absolute Gasteiger partial charge is 0.166 e. The molecule has 0 bridgehead atoms. The van der Waals surface area contributed by atoms with Crippen molar-refractivity contribution in [3.05, 3.63) is 29.2 Å². The molecular formula is C11H13N7. The molecule has 0 radical (unpaired) electrons. The maximum absolute atomic E-state index is 9.12. The van der Waals surface area contributed by atoms with Crippen LogP contribution in [0.1, 0.15) is 16.8 Å². The number of anilines is 1. The van der Waals surface area contributed by atoms with Crippen molar-refractivity contribution >= 4 is 5.82 Å². The van der Waals surface area contributed by atoms with Gasteiger partial charge in [0.05, 0.1) is 18.4 Å². The van der Waals surface area contributed by atoms with Gasteiger partial charge in [-0.1, -0.05) is 5.21 Å². The molecule has 0 atom stereocenters. The van der Waals surface area contributed by atoms with Crippen molar-refractivity contribution in [2.75, 3.05) is 11.9 Å². The fourth-order valence-electron chi connectivity index (χ4n) is 1.51. The summed E-state index contributed by atoms with van der Waals surface area (Å²) in [6.45, 7) is 4.96. The Bertz CT molecular complexity index is 568. The van der Waals surface area contributed by atoms with Crippen molar-refractivity contribution < 1.29 is 0 Å². The molecule has 0 aliphatic rings. The highest BCUT2D eigenvalue weighted by atomic mass is 15.4. The van der Waals surface area contributed by atoms with Crippen LogP contribution in [0, 0.1) is 25.2 Å². The van der Waals surface area contributed by atoms with E-state index in [9.17, 15) is 0 Å². The topological polar surface area (TPSA) is 92.3 Å². The molecule has 0 unspecified atom stereocenters. The maximum Gasteiger partial charge on any atom is 0.166 e. The van der Waals surface area contributed by atoms with Gasteiger partial charge in [-0.2, -0.15) is 10.4 Å². The van der Waals surface area contributed by atoms with Gasteiger partial charge in [0.15, 0.2) is 5.82 Å². The number of hydrogen-bond acceptors (Lipinski definition) is 6. The van der Waals surface area contributed by atoms with E-state index in [2.05, 4.69) is 31.9 Å². The Labute approximate surface area is 104 Å². The molecule has 18 heavy (non-hydrogen) atoms. The van der Waals surface area contributed by atoms with Crippen molar-refractivity contribution in [2.45, 2.75) is 20.4 Å². The molecule has 92 valence electrons. The van der Waals surface area contributed by atoms with Crippen LogP contribution < -0.4 is 5.32 Å². The first-order valence-corrected chi connectivity index (χ1v) is 5.54. The van der Waals surface area contributed by atoms with Gasteiger partial charge < -0.3 is 5.32 Å². The average Bonchev–Trinajstić information content (AvgIpc) is 2.87. The summed E-state index contributed by atoms with van der Waals surface area (Å²) >= 11 is 0. The summed E-state index contributed by atoms with van der Waals surface area (Å²) in [4.78, 5) is 0. The van der Waals surface area contributed by atoms with Crippen LogP contribution in [-0.4, -0.2) is 31.7 Å². The third-order valence-electron chi connectivity index (χ3n) is 2.67. The van der Waals surface area contributed by atoms with Crippen LogP contribution in [-0.2, 0) is 6.54 Å². The highest BCUT2D eigenvalue weighted by molar-refractivity contribution is 5.55. The van der Waals surface area contributed by atoms with E-state index < -0.39 is 0 Å². The Morgan fingerprint density at radius 2 is 2.22 bits per heavy atom. The second-order valence-corrected chi connectivity index (χ2v) is 3.84.